The van der Waals surface area contributed by atoms with Crippen LogP contribution in [-0.2, 0) is 4.79 Å². The van der Waals surface area contributed by atoms with E-state index in [9.17, 15) is 4.79 Å². The molecular formula is C27H32OS2. The summed E-state index contributed by atoms with van der Waals surface area (Å²) in [6.45, 7) is 8.11. The Labute approximate surface area is 190 Å². The van der Waals surface area contributed by atoms with Gasteiger partial charge >= 0.3 is 0 Å². The Morgan fingerprint density at radius 1 is 0.833 bits per heavy atom. The molecule has 1 aliphatic carbocycles. The number of Topliss-reactive ketones (excluding diaryl/α,β-unsaturated/α-hetero) is 1. The fourth-order valence-corrected chi connectivity index (χ4v) is 6.27. The largest absolute Gasteiger partial charge is 0.299 e. The maximum absolute atomic E-state index is 12.9. The molecule has 3 rings (SSSR count). The van der Waals surface area contributed by atoms with Crippen LogP contribution in [0.25, 0.3) is 0 Å². The minimum absolute atomic E-state index is 0.156. The third-order valence-corrected chi connectivity index (χ3v) is 8.60. The fraction of sp³-hybridized carbons (Fsp3) is 0.370. The number of hydrogen-bond acceptors (Lipinski definition) is 3. The summed E-state index contributed by atoms with van der Waals surface area (Å²) in [5.41, 5.74) is -0.156. The molecule has 1 fully saturated rings. The van der Waals surface area contributed by atoms with Gasteiger partial charge in [0.15, 0.2) is 0 Å². The van der Waals surface area contributed by atoms with Crippen molar-refractivity contribution in [1.82, 2.24) is 0 Å². The van der Waals surface area contributed by atoms with Crippen molar-refractivity contribution in [2.24, 2.45) is 5.41 Å². The average molecular weight is 437 g/mol. The Kier molecular flexibility index (Phi) is 8.89. The van der Waals surface area contributed by atoms with E-state index in [1.807, 2.05) is 47.8 Å². The van der Waals surface area contributed by atoms with Crippen molar-refractivity contribution in [2.45, 2.75) is 65.2 Å². The Morgan fingerprint density at radius 2 is 1.30 bits per heavy atom. The minimum atomic E-state index is -0.156. The monoisotopic (exact) mass is 436 g/mol. The lowest BCUT2D eigenvalue weighted by atomic mass is 9.76. The highest BCUT2D eigenvalue weighted by Crippen LogP contribution is 2.45. The number of ketones is 1. The van der Waals surface area contributed by atoms with Gasteiger partial charge in [-0.2, -0.15) is 0 Å². The predicted octanol–water partition coefficient (Wildman–Crippen LogP) is 7.98. The van der Waals surface area contributed by atoms with E-state index < -0.39 is 0 Å². The summed E-state index contributed by atoms with van der Waals surface area (Å²) in [4.78, 5) is 15.5. The van der Waals surface area contributed by atoms with E-state index in [0.29, 0.717) is 16.3 Å². The lowest BCUT2D eigenvalue weighted by Gasteiger charge is -2.30. The van der Waals surface area contributed by atoms with Gasteiger partial charge < -0.3 is 0 Å². The molecule has 0 aromatic heterocycles. The van der Waals surface area contributed by atoms with Crippen molar-refractivity contribution in [3.8, 4) is 0 Å². The molecule has 0 spiro atoms. The first-order valence-electron chi connectivity index (χ1n) is 10.9. The van der Waals surface area contributed by atoms with E-state index in [4.69, 9.17) is 0 Å². The molecule has 30 heavy (non-hydrogen) atoms. The van der Waals surface area contributed by atoms with Crippen LogP contribution in [0.15, 0.2) is 95.8 Å². The van der Waals surface area contributed by atoms with Crippen LogP contribution in [0.4, 0.5) is 0 Å². The van der Waals surface area contributed by atoms with Gasteiger partial charge in [-0.25, -0.2) is 0 Å². The van der Waals surface area contributed by atoms with Gasteiger partial charge in [0.1, 0.15) is 5.78 Å². The van der Waals surface area contributed by atoms with E-state index >= 15 is 0 Å². The molecule has 0 amide bonds. The molecule has 1 saturated carbocycles. The Morgan fingerprint density at radius 3 is 1.67 bits per heavy atom. The molecule has 0 bridgehead atoms. The summed E-state index contributed by atoms with van der Waals surface area (Å²) in [5, 5.41) is 0.679. The molecular weight excluding hydrogens is 404 g/mol. The maximum atomic E-state index is 12.9. The lowest BCUT2D eigenvalue weighted by Crippen LogP contribution is -2.28. The van der Waals surface area contributed by atoms with Crippen LogP contribution in [0.1, 0.15) is 44.9 Å². The average Bonchev–Trinajstić information content (AvgIpc) is 3.15. The topological polar surface area (TPSA) is 17.1 Å². The SMILES string of the molecule is C=C[C@@H](CCC1(CC[C@H](C=C)Sc2ccccc2)CCCC1=O)Sc1ccccc1. The highest BCUT2D eigenvalue weighted by molar-refractivity contribution is 8.00. The zero-order valence-corrected chi connectivity index (χ0v) is 19.3. The second-order valence-electron chi connectivity index (χ2n) is 8.04. The summed E-state index contributed by atoms with van der Waals surface area (Å²) in [6, 6.07) is 21.0. The van der Waals surface area contributed by atoms with Crippen LogP contribution in [0, 0.1) is 5.41 Å². The second-order valence-corrected chi connectivity index (χ2v) is 10.7. The van der Waals surface area contributed by atoms with Gasteiger partial charge in [0.2, 0.25) is 0 Å². The van der Waals surface area contributed by atoms with Crippen LogP contribution in [0.5, 0.6) is 0 Å². The molecule has 0 saturated heterocycles. The standard InChI is InChI=1S/C27H32OS2/c1-3-22(29-24-12-7-5-8-13-24)17-20-27(19-11-16-26(27)28)21-18-23(4-2)30-25-14-9-6-10-15-25/h3-10,12-15,22-23H,1-2,11,16-21H2/t22-,23-/m0/s1. The molecule has 2 aromatic rings. The normalized spacial score (nSPS) is 17.4. The molecule has 158 valence electrons. The van der Waals surface area contributed by atoms with Gasteiger partial charge in [0, 0.05) is 32.1 Å². The van der Waals surface area contributed by atoms with Gasteiger partial charge in [-0.15, -0.1) is 36.7 Å². The first-order valence-corrected chi connectivity index (χ1v) is 12.6. The van der Waals surface area contributed by atoms with Gasteiger partial charge in [-0.3, -0.25) is 4.79 Å². The van der Waals surface area contributed by atoms with Gasteiger partial charge in [0.05, 0.1) is 0 Å². The smallest absolute Gasteiger partial charge is 0.139 e. The summed E-state index contributed by atoms with van der Waals surface area (Å²) in [5.74, 6) is 0.475. The van der Waals surface area contributed by atoms with Gasteiger partial charge in [0.25, 0.3) is 0 Å². The molecule has 0 aliphatic heterocycles. The quantitative estimate of drug-likeness (QED) is 0.248. The van der Waals surface area contributed by atoms with Crippen molar-refractivity contribution in [3.63, 3.8) is 0 Å². The van der Waals surface area contributed by atoms with Gasteiger partial charge in [-0.05, 0) is 62.8 Å². The number of hydrogen-bond donors (Lipinski definition) is 0. The molecule has 3 heteroatoms. The van der Waals surface area contributed by atoms with E-state index in [1.165, 1.54) is 9.79 Å². The van der Waals surface area contributed by atoms with Crippen LogP contribution < -0.4 is 0 Å². The molecule has 0 N–H and O–H groups in total. The van der Waals surface area contributed by atoms with E-state index in [-0.39, 0.29) is 5.41 Å². The Balaban J connectivity index is 1.60. The number of carbonyl (C=O) groups is 1. The van der Waals surface area contributed by atoms with Crippen LogP contribution in [-0.4, -0.2) is 16.3 Å². The number of carbonyl (C=O) groups excluding carboxylic acids is 1. The zero-order valence-electron chi connectivity index (χ0n) is 17.7. The van der Waals surface area contributed by atoms with Crippen molar-refractivity contribution in [1.29, 1.82) is 0 Å². The van der Waals surface area contributed by atoms with Crippen molar-refractivity contribution < 1.29 is 4.79 Å². The van der Waals surface area contributed by atoms with Crippen molar-refractivity contribution >= 4 is 29.3 Å². The first-order chi connectivity index (χ1) is 14.6. The minimum Gasteiger partial charge on any atom is -0.299 e. The Hall–Kier alpha value is -1.71. The molecule has 2 atom stereocenters. The number of rotatable bonds is 12. The van der Waals surface area contributed by atoms with Crippen molar-refractivity contribution in [2.75, 3.05) is 0 Å². The number of benzene rings is 2. The van der Waals surface area contributed by atoms with Crippen molar-refractivity contribution in [3.05, 3.63) is 86.0 Å². The first kappa shape index (κ1) is 23.0. The summed E-state index contributed by atoms with van der Waals surface area (Å²) in [7, 11) is 0. The third kappa shape index (κ3) is 6.39. The molecule has 2 aromatic carbocycles. The Bertz CT molecular complexity index is 758. The second kappa shape index (κ2) is 11.6. The lowest BCUT2D eigenvalue weighted by molar-refractivity contribution is -0.126. The van der Waals surface area contributed by atoms with E-state index in [0.717, 1.165) is 44.9 Å². The number of thioether (sulfide) groups is 2. The van der Waals surface area contributed by atoms with Crippen LogP contribution >= 0.6 is 23.5 Å². The molecule has 1 nitrogen and oxygen atoms in total. The van der Waals surface area contributed by atoms with Gasteiger partial charge in [-0.1, -0.05) is 48.6 Å². The predicted molar refractivity (Wildman–Crippen MR) is 132 cm³/mol. The highest BCUT2D eigenvalue weighted by Gasteiger charge is 2.41. The van der Waals surface area contributed by atoms with Crippen LogP contribution in [0.3, 0.4) is 0 Å². The molecule has 0 radical (unpaired) electrons. The zero-order chi connectivity index (χ0) is 21.2. The molecule has 0 unspecified atom stereocenters. The summed E-state index contributed by atoms with van der Waals surface area (Å²) >= 11 is 3.71. The fourth-order valence-electron chi connectivity index (χ4n) is 4.28. The van der Waals surface area contributed by atoms with E-state index in [2.05, 4.69) is 61.7 Å². The molecule has 1 aliphatic rings. The maximum Gasteiger partial charge on any atom is 0.139 e. The summed E-state index contributed by atoms with van der Waals surface area (Å²) in [6.07, 6.45) is 10.8. The highest BCUT2D eigenvalue weighted by atomic mass is 32.2. The van der Waals surface area contributed by atoms with Crippen LogP contribution in [0.2, 0.25) is 0 Å². The van der Waals surface area contributed by atoms with E-state index in [1.54, 1.807) is 0 Å². The molecule has 0 heterocycles. The summed E-state index contributed by atoms with van der Waals surface area (Å²) < 4.78 is 0. The third-order valence-electron chi connectivity index (χ3n) is 6.05.